The van der Waals surface area contributed by atoms with Gasteiger partial charge in [-0.05, 0) is 19.8 Å². The Morgan fingerprint density at radius 2 is 1.81 bits per heavy atom. The lowest BCUT2D eigenvalue weighted by Gasteiger charge is -2.25. The van der Waals surface area contributed by atoms with Gasteiger partial charge in [0.25, 0.3) is 0 Å². The van der Waals surface area contributed by atoms with Gasteiger partial charge in [-0.25, -0.2) is 0 Å². The first-order chi connectivity index (χ1) is 7.60. The van der Waals surface area contributed by atoms with Gasteiger partial charge >= 0.3 is 5.97 Å². The van der Waals surface area contributed by atoms with Gasteiger partial charge in [-0.2, -0.15) is 0 Å². The van der Waals surface area contributed by atoms with Crippen LogP contribution in [0.1, 0.15) is 33.1 Å². The lowest BCUT2D eigenvalue weighted by Crippen LogP contribution is -2.33. The Labute approximate surface area is 98.3 Å². The molecule has 0 rings (SSSR count). The van der Waals surface area contributed by atoms with Crippen molar-refractivity contribution < 1.29 is 19.0 Å². The number of esters is 1. The minimum atomic E-state index is -0.245. The fourth-order valence-corrected chi connectivity index (χ4v) is 1.77. The Kier molecular flexibility index (Phi) is 8.21. The van der Waals surface area contributed by atoms with Gasteiger partial charge in [0.2, 0.25) is 0 Å². The van der Waals surface area contributed by atoms with Gasteiger partial charge in [0.05, 0.1) is 25.2 Å². The summed E-state index contributed by atoms with van der Waals surface area (Å²) < 4.78 is 15.4. The number of rotatable bonds is 8. The molecular weight excluding hydrogens is 208 g/mol. The highest BCUT2D eigenvalue weighted by Gasteiger charge is 2.30. The zero-order valence-corrected chi connectivity index (χ0v) is 11.0. The summed E-state index contributed by atoms with van der Waals surface area (Å²) in [6, 6.07) is 0. The lowest BCUT2D eigenvalue weighted by atomic mass is 9.93. The second-order valence-corrected chi connectivity index (χ2v) is 3.97. The maximum atomic E-state index is 11.7. The molecule has 0 fully saturated rings. The molecule has 3 atom stereocenters. The molecule has 4 nitrogen and oxygen atoms in total. The van der Waals surface area contributed by atoms with Crippen LogP contribution in [0.5, 0.6) is 0 Å². The van der Waals surface area contributed by atoms with Crippen molar-refractivity contribution in [3.63, 3.8) is 0 Å². The van der Waals surface area contributed by atoms with E-state index in [-0.39, 0.29) is 24.1 Å². The molecule has 0 aliphatic heterocycles. The first kappa shape index (κ1) is 15.4. The van der Waals surface area contributed by atoms with Crippen molar-refractivity contribution >= 4 is 5.97 Å². The van der Waals surface area contributed by atoms with Gasteiger partial charge in [0, 0.05) is 14.2 Å². The normalized spacial score (nSPS) is 16.6. The van der Waals surface area contributed by atoms with E-state index in [9.17, 15) is 4.79 Å². The topological polar surface area (TPSA) is 44.8 Å². The van der Waals surface area contributed by atoms with Crippen molar-refractivity contribution in [2.24, 2.45) is 5.92 Å². The van der Waals surface area contributed by atoms with E-state index >= 15 is 0 Å². The van der Waals surface area contributed by atoms with Crippen molar-refractivity contribution in [2.75, 3.05) is 21.3 Å². The largest absolute Gasteiger partial charge is 0.469 e. The van der Waals surface area contributed by atoms with E-state index in [2.05, 4.69) is 6.92 Å². The average Bonchev–Trinajstić information content (AvgIpc) is 2.32. The Balaban J connectivity index is 4.55. The van der Waals surface area contributed by atoms with Gasteiger partial charge in [0.1, 0.15) is 0 Å². The van der Waals surface area contributed by atoms with E-state index in [4.69, 9.17) is 14.2 Å². The molecule has 0 spiro atoms. The van der Waals surface area contributed by atoms with Crippen LogP contribution in [-0.2, 0) is 19.0 Å². The zero-order chi connectivity index (χ0) is 12.6. The summed E-state index contributed by atoms with van der Waals surface area (Å²) in [6.45, 7) is 4.01. The van der Waals surface area contributed by atoms with Gasteiger partial charge in [0.15, 0.2) is 0 Å². The summed E-state index contributed by atoms with van der Waals surface area (Å²) >= 11 is 0. The van der Waals surface area contributed by atoms with Gasteiger partial charge in [-0.1, -0.05) is 13.3 Å². The van der Waals surface area contributed by atoms with Crippen LogP contribution in [0.3, 0.4) is 0 Å². The zero-order valence-electron chi connectivity index (χ0n) is 11.0. The molecule has 0 radical (unpaired) electrons. The van der Waals surface area contributed by atoms with Gasteiger partial charge in [-0.15, -0.1) is 0 Å². The third kappa shape index (κ3) is 4.94. The van der Waals surface area contributed by atoms with Crippen LogP contribution < -0.4 is 0 Å². The quantitative estimate of drug-likeness (QED) is 0.601. The molecule has 16 heavy (non-hydrogen) atoms. The standard InChI is InChI=1S/C12H24O4/c1-6-7-11(15-4)10(12(13)16-5)8-9(2)14-3/h9-11H,6-8H2,1-5H3. The number of hydrogen-bond acceptors (Lipinski definition) is 4. The van der Waals surface area contributed by atoms with Crippen molar-refractivity contribution in [1.82, 2.24) is 0 Å². The van der Waals surface area contributed by atoms with Crippen molar-refractivity contribution in [3.8, 4) is 0 Å². The third-order valence-electron chi connectivity index (χ3n) is 2.82. The first-order valence-electron chi connectivity index (χ1n) is 5.74. The highest BCUT2D eigenvalue weighted by molar-refractivity contribution is 5.73. The Bertz CT molecular complexity index is 193. The molecule has 3 unspecified atom stereocenters. The Morgan fingerprint density at radius 3 is 2.19 bits per heavy atom. The van der Waals surface area contributed by atoms with Crippen molar-refractivity contribution in [1.29, 1.82) is 0 Å². The van der Waals surface area contributed by atoms with E-state index in [1.165, 1.54) is 7.11 Å². The van der Waals surface area contributed by atoms with Crippen molar-refractivity contribution in [2.45, 2.75) is 45.3 Å². The smallest absolute Gasteiger partial charge is 0.311 e. The number of carbonyl (C=O) groups excluding carboxylic acids is 1. The van der Waals surface area contributed by atoms with Crippen LogP contribution in [0.4, 0.5) is 0 Å². The Hall–Kier alpha value is -0.610. The van der Waals surface area contributed by atoms with E-state index in [1.54, 1.807) is 14.2 Å². The molecule has 0 heterocycles. The van der Waals surface area contributed by atoms with Crippen LogP contribution in [0.2, 0.25) is 0 Å². The molecule has 0 saturated heterocycles. The summed E-state index contributed by atoms with van der Waals surface area (Å²) in [7, 11) is 4.68. The van der Waals surface area contributed by atoms with Crippen LogP contribution in [0.15, 0.2) is 0 Å². The second-order valence-electron chi connectivity index (χ2n) is 3.97. The predicted octanol–water partition coefficient (Wildman–Crippen LogP) is 2.02. The number of hydrogen-bond donors (Lipinski definition) is 0. The fraction of sp³-hybridized carbons (Fsp3) is 0.917. The molecule has 0 bridgehead atoms. The second kappa shape index (κ2) is 8.53. The highest BCUT2D eigenvalue weighted by Crippen LogP contribution is 2.21. The summed E-state index contributed by atoms with van der Waals surface area (Å²) in [6.07, 6.45) is 2.40. The average molecular weight is 232 g/mol. The predicted molar refractivity (Wildman–Crippen MR) is 62.3 cm³/mol. The molecule has 0 aliphatic rings. The van der Waals surface area contributed by atoms with E-state index in [0.717, 1.165) is 12.8 Å². The third-order valence-corrected chi connectivity index (χ3v) is 2.82. The van der Waals surface area contributed by atoms with E-state index < -0.39 is 0 Å². The van der Waals surface area contributed by atoms with Crippen LogP contribution in [0, 0.1) is 5.92 Å². The highest BCUT2D eigenvalue weighted by atomic mass is 16.5. The molecule has 96 valence electrons. The SMILES string of the molecule is CCCC(OC)C(CC(C)OC)C(=O)OC. The Morgan fingerprint density at radius 1 is 1.19 bits per heavy atom. The van der Waals surface area contributed by atoms with Crippen LogP contribution in [-0.4, -0.2) is 39.5 Å². The molecule has 0 aromatic carbocycles. The van der Waals surface area contributed by atoms with E-state index in [1.807, 2.05) is 6.92 Å². The number of ether oxygens (including phenoxy) is 3. The van der Waals surface area contributed by atoms with Crippen molar-refractivity contribution in [3.05, 3.63) is 0 Å². The number of carbonyl (C=O) groups is 1. The minimum absolute atomic E-state index is 0.0265. The summed E-state index contributed by atoms with van der Waals surface area (Å²) in [5, 5.41) is 0. The minimum Gasteiger partial charge on any atom is -0.469 e. The lowest BCUT2D eigenvalue weighted by molar-refractivity contribution is -0.152. The molecular formula is C12H24O4. The summed E-state index contributed by atoms with van der Waals surface area (Å²) in [5.41, 5.74) is 0. The first-order valence-corrected chi connectivity index (χ1v) is 5.74. The molecule has 0 aromatic rings. The molecule has 0 aromatic heterocycles. The molecule has 0 N–H and O–H groups in total. The van der Waals surface area contributed by atoms with Crippen LogP contribution in [0.25, 0.3) is 0 Å². The summed E-state index contributed by atoms with van der Waals surface area (Å²) in [5.74, 6) is -0.464. The maximum absolute atomic E-state index is 11.7. The summed E-state index contributed by atoms with van der Waals surface area (Å²) in [4.78, 5) is 11.7. The fourth-order valence-electron chi connectivity index (χ4n) is 1.77. The monoisotopic (exact) mass is 232 g/mol. The number of methoxy groups -OCH3 is 3. The molecule has 0 saturated carbocycles. The van der Waals surface area contributed by atoms with Gasteiger partial charge < -0.3 is 14.2 Å². The molecule has 0 amide bonds. The molecule has 0 aliphatic carbocycles. The van der Waals surface area contributed by atoms with Crippen LogP contribution >= 0.6 is 0 Å². The maximum Gasteiger partial charge on any atom is 0.311 e. The van der Waals surface area contributed by atoms with Gasteiger partial charge in [-0.3, -0.25) is 4.79 Å². The molecule has 4 heteroatoms. The van der Waals surface area contributed by atoms with E-state index in [0.29, 0.717) is 6.42 Å².